The average Bonchev–Trinajstić information content (AvgIpc) is 2.57. The molecule has 1 amide bonds. The van der Waals surface area contributed by atoms with Crippen molar-refractivity contribution in [2.24, 2.45) is 4.99 Å². The van der Waals surface area contributed by atoms with E-state index in [0.717, 1.165) is 51.5 Å². The van der Waals surface area contributed by atoms with Crippen LogP contribution in [0.25, 0.3) is 0 Å². The van der Waals surface area contributed by atoms with Gasteiger partial charge in [-0.2, -0.15) is 0 Å². The van der Waals surface area contributed by atoms with Gasteiger partial charge in [-0.15, -0.1) is 0 Å². The standard InChI is InChI=1S/C21H21Br2NO/c22-17-11-15(12-18(23)14-17)7-3-1-2-4-9-19-13-16-8-5-6-10-20(16)21(25)24-19/h5-6,8,10-12,14H,1-4,7,9,13H2. The minimum atomic E-state index is -0.0721. The molecule has 2 aromatic carbocycles. The maximum Gasteiger partial charge on any atom is 0.277 e. The fraction of sp³-hybridized carbons (Fsp3) is 0.333. The zero-order chi connectivity index (χ0) is 17.6. The summed E-state index contributed by atoms with van der Waals surface area (Å²) in [6.45, 7) is 0. The predicted octanol–water partition coefficient (Wildman–Crippen LogP) is 6.54. The van der Waals surface area contributed by atoms with E-state index in [1.807, 2.05) is 24.3 Å². The second-order valence-electron chi connectivity index (χ2n) is 6.51. The molecule has 25 heavy (non-hydrogen) atoms. The van der Waals surface area contributed by atoms with Crippen molar-refractivity contribution >= 4 is 43.5 Å². The highest BCUT2D eigenvalue weighted by Crippen LogP contribution is 2.22. The van der Waals surface area contributed by atoms with E-state index in [9.17, 15) is 4.79 Å². The number of halogens is 2. The third-order valence-electron chi connectivity index (χ3n) is 4.51. The van der Waals surface area contributed by atoms with Crippen molar-refractivity contribution in [2.75, 3.05) is 0 Å². The minimum Gasteiger partial charge on any atom is -0.267 e. The topological polar surface area (TPSA) is 29.4 Å². The Morgan fingerprint density at radius 2 is 1.56 bits per heavy atom. The van der Waals surface area contributed by atoms with Crippen molar-refractivity contribution in [3.8, 4) is 0 Å². The smallest absolute Gasteiger partial charge is 0.267 e. The molecule has 0 spiro atoms. The molecule has 0 bridgehead atoms. The molecule has 2 aromatic rings. The third kappa shape index (κ3) is 5.35. The number of amides is 1. The lowest BCUT2D eigenvalue weighted by Gasteiger charge is -2.14. The maximum atomic E-state index is 12.0. The number of hydrogen-bond donors (Lipinski definition) is 0. The number of aliphatic imine (C=N–C) groups is 1. The van der Waals surface area contributed by atoms with Gasteiger partial charge in [0.1, 0.15) is 0 Å². The first-order chi connectivity index (χ1) is 12.1. The Morgan fingerprint density at radius 1 is 0.880 bits per heavy atom. The lowest BCUT2D eigenvalue weighted by Crippen LogP contribution is -2.16. The van der Waals surface area contributed by atoms with Gasteiger partial charge in [-0.05, 0) is 61.1 Å². The Bertz CT molecular complexity index is 778. The molecule has 0 saturated carbocycles. The van der Waals surface area contributed by atoms with E-state index in [1.165, 1.54) is 24.8 Å². The van der Waals surface area contributed by atoms with Gasteiger partial charge in [-0.25, -0.2) is 4.99 Å². The molecule has 0 N–H and O–H groups in total. The first kappa shape index (κ1) is 18.5. The Balaban J connectivity index is 1.39. The maximum absolute atomic E-state index is 12.0. The minimum absolute atomic E-state index is 0.0721. The zero-order valence-corrected chi connectivity index (χ0v) is 17.3. The molecule has 130 valence electrons. The summed E-state index contributed by atoms with van der Waals surface area (Å²) in [5.41, 5.74) is 4.30. The molecule has 0 aromatic heterocycles. The number of hydrogen-bond acceptors (Lipinski definition) is 1. The summed E-state index contributed by atoms with van der Waals surface area (Å²) < 4.78 is 2.24. The van der Waals surface area contributed by atoms with Crippen LogP contribution < -0.4 is 0 Å². The molecule has 2 nitrogen and oxygen atoms in total. The van der Waals surface area contributed by atoms with E-state index in [1.54, 1.807) is 0 Å². The molecule has 4 heteroatoms. The molecule has 3 rings (SSSR count). The van der Waals surface area contributed by atoms with Crippen LogP contribution in [0.2, 0.25) is 0 Å². The summed E-state index contributed by atoms with van der Waals surface area (Å²) in [4.78, 5) is 16.3. The molecule has 0 unspecified atom stereocenters. The van der Waals surface area contributed by atoms with E-state index in [0.29, 0.717) is 0 Å². The molecule has 1 heterocycles. The number of benzene rings is 2. The molecule has 0 aliphatic carbocycles. The van der Waals surface area contributed by atoms with Crippen molar-refractivity contribution in [3.63, 3.8) is 0 Å². The fourth-order valence-electron chi connectivity index (χ4n) is 3.26. The summed E-state index contributed by atoms with van der Waals surface area (Å²) in [5.74, 6) is -0.0721. The average molecular weight is 463 g/mol. The Labute approximate surface area is 166 Å². The second-order valence-corrected chi connectivity index (χ2v) is 8.34. The normalized spacial score (nSPS) is 13.5. The van der Waals surface area contributed by atoms with Crippen LogP contribution >= 0.6 is 31.9 Å². The van der Waals surface area contributed by atoms with Gasteiger partial charge in [-0.1, -0.05) is 62.9 Å². The molecule has 0 radical (unpaired) electrons. The van der Waals surface area contributed by atoms with Gasteiger partial charge < -0.3 is 0 Å². The van der Waals surface area contributed by atoms with Gasteiger partial charge in [0.15, 0.2) is 0 Å². The predicted molar refractivity (Wildman–Crippen MR) is 111 cm³/mol. The van der Waals surface area contributed by atoms with E-state index < -0.39 is 0 Å². The monoisotopic (exact) mass is 461 g/mol. The second kappa shape index (κ2) is 8.91. The van der Waals surface area contributed by atoms with Crippen molar-refractivity contribution in [1.29, 1.82) is 0 Å². The number of nitrogens with zero attached hydrogens (tertiary/aromatic N) is 1. The molecule has 1 aliphatic rings. The largest absolute Gasteiger partial charge is 0.277 e. The van der Waals surface area contributed by atoms with E-state index in [-0.39, 0.29) is 5.91 Å². The van der Waals surface area contributed by atoms with Gasteiger partial charge >= 0.3 is 0 Å². The Hall–Kier alpha value is -1.26. The van der Waals surface area contributed by atoms with Crippen molar-refractivity contribution in [2.45, 2.75) is 44.9 Å². The number of fused-ring (bicyclic) bond motifs is 1. The zero-order valence-electron chi connectivity index (χ0n) is 14.1. The van der Waals surface area contributed by atoms with Crippen LogP contribution in [-0.4, -0.2) is 11.6 Å². The third-order valence-corrected chi connectivity index (χ3v) is 5.42. The number of aryl methyl sites for hydroxylation is 1. The molecular weight excluding hydrogens is 442 g/mol. The highest BCUT2D eigenvalue weighted by molar-refractivity contribution is 9.11. The SMILES string of the molecule is O=C1N=C(CCCCCCc2cc(Br)cc(Br)c2)Cc2ccccc21. The summed E-state index contributed by atoms with van der Waals surface area (Å²) in [6, 6.07) is 14.2. The first-order valence-electron chi connectivity index (χ1n) is 8.75. The van der Waals surface area contributed by atoms with E-state index >= 15 is 0 Å². The molecule has 0 fully saturated rings. The van der Waals surface area contributed by atoms with Crippen molar-refractivity contribution in [1.82, 2.24) is 0 Å². The number of carbonyl (C=O) groups is 1. The van der Waals surface area contributed by atoms with Crippen LogP contribution in [0.5, 0.6) is 0 Å². The summed E-state index contributed by atoms with van der Waals surface area (Å²) >= 11 is 7.07. The van der Waals surface area contributed by atoms with Gasteiger partial charge in [0.05, 0.1) is 0 Å². The summed E-state index contributed by atoms with van der Waals surface area (Å²) in [5, 5.41) is 0. The highest BCUT2D eigenvalue weighted by atomic mass is 79.9. The van der Waals surface area contributed by atoms with Crippen LogP contribution in [0.4, 0.5) is 0 Å². The van der Waals surface area contributed by atoms with E-state index in [4.69, 9.17) is 0 Å². The van der Waals surface area contributed by atoms with Crippen LogP contribution in [-0.2, 0) is 12.8 Å². The van der Waals surface area contributed by atoms with Crippen LogP contribution in [0.15, 0.2) is 56.4 Å². The molecular formula is C21H21Br2NO. The highest BCUT2D eigenvalue weighted by Gasteiger charge is 2.18. The Kier molecular flexibility index (Phi) is 6.60. The van der Waals surface area contributed by atoms with E-state index in [2.05, 4.69) is 55.1 Å². The number of unbranched alkanes of at least 4 members (excludes halogenated alkanes) is 3. The van der Waals surface area contributed by atoms with Crippen molar-refractivity contribution < 1.29 is 4.79 Å². The molecule has 0 atom stereocenters. The number of carbonyl (C=O) groups excluding carboxylic acids is 1. The molecule has 1 aliphatic heterocycles. The van der Waals surface area contributed by atoms with Gasteiger partial charge in [0, 0.05) is 26.6 Å². The molecule has 0 saturated heterocycles. The van der Waals surface area contributed by atoms with Crippen LogP contribution in [0.1, 0.15) is 53.6 Å². The Morgan fingerprint density at radius 3 is 2.32 bits per heavy atom. The quantitative estimate of drug-likeness (QED) is 0.429. The van der Waals surface area contributed by atoms with Gasteiger partial charge in [0.2, 0.25) is 0 Å². The lowest BCUT2D eigenvalue weighted by atomic mass is 9.95. The lowest BCUT2D eigenvalue weighted by molar-refractivity contribution is 0.1000. The first-order valence-corrected chi connectivity index (χ1v) is 10.3. The van der Waals surface area contributed by atoms with Gasteiger partial charge in [-0.3, -0.25) is 4.79 Å². The van der Waals surface area contributed by atoms with Crippen LogP contribution in [0.3, 0.4) is 0 Å². The summed E-state index contributed by atoms with van der Waals surface area (Å²) in [6.07, 6.45) is 7.56. The fourth-order valence-corrected chi connectivity index (χ4v) is 4.65. The van der Waals surface area contributed by atoms with Crippen molar-refractivity contribution in [3.05, 3.63) is 68.1 Å². The number of rotatable bonds is 7. The van der Waals surface area contributed by atoms with Crippen LogP contribution in [0, 0.1) is 0 Å². The van der Waals surface area contributed by atoms with Gasteiger partial charge in [0.25, 0.3) is 5.91 Å². The summed E-state index contributed by atoms with van der Waals surface area (Å²) in [7, 11) is 0.